The summed E-state index contributed by atoms with van der Waals surface area (Å²) in [6.07, 6.45) is 2.01. The normalized spacial score (nSPS) is 11.4. The highest BCUT2D eigenvalue weighted by atomic mass is 16.6. The van der Waals surface area contributed by atoms with Crippen molar-refractivity contribution in [3.8, 4) is 11.3 Å². The van der Waals surface area contributed by atoms with Crippen molar-refractivity contribution in [1.29, 1.82) is 0 Å². The van der Waals surface area contributed by atoms with Crippen LogP contribution in [0, 0.1) is 6.92 Å². The maximum Gasteiger partial charge on any atom is 0.519 e. The van der Waals surface area contributed by atoms with Crippen LogP contribution < -0.4 is 10.4 Å². The van der Waals surface area contributed by atoms with Crippen LogP contribution in [-0.2, 0) is 7.05 Å². The second kappa shape index (κ2) is 4.56. The smallest absolute Gasteiger partial charge is 0.391 e. The second-order valence-corrected chi connectivity index (χ2v) is 5.43. The molecular formula is C18H14NO3+. The summed E-state index contributed by atoms with van der Waals surface area (Å²) in [7, 11) is 2.01. The first-order valence-corrected chi connectivity index (χ1v) is 7.05. The first-order valence-electron chi connectivity index (χ1n) is 7.05. The number of fused-ring (bicyclic) bond motifs is 2. The monoisotopic (exact) mass is 292 g/mol. The summed E-state index contributed by atoms with van der Waals surface area (Å²) < 4.78 is 12.2. The number of rotatable bonds is 1. The quantitative estimate of drug-likeness (QED) is 0.505. The van der Waals surface area contributed by atoms with E-state index in [0.717, 1.165) is 22.0 Å². The highest BCUT2D eigenvalue weighted by molar-refractivity contribution is 6.00. The van der Waals surface area contributed by atoms with E-state index in [2.05, 4.69) is 23.6 Å². The van der Waals surface area contributed by atoms with Gasteiger partial charge in [0.1, 0.15) is 7.05 Å². The fourth-order valence-corrected chi connectivity index (χ4v) is 2.91. The molecule has 0 aliphatic rings. The Bertz CT molecular complexity index is 1070. The van der Waals surface area contributed by atoms with Crippen LogP contribution in [0.4, 0.5) is 0 Å². The molecule has 4 nitrogen and oxygen atoms in total. The summed E-state index contributed by atoms with van der Waals surface area (Å²) in [6, 6.07) is 14.0. The molecule has 0 spiro atoms. The minimum absolute atomic E-state index is 0.471. The lowest BCUT2D eigenvalue weighted by molar-refractivity contribution is -0.659. The number of hydrogen-bond acceptors (Lipinski definition) is 3. The van der Waals surface area contributed by atoms with Crippen LogP contribution in [0.25, 0.3) is 33.2 Å². The van der Waals surface area contributed by atoms with Crippen LogP contribution in [0.15, 0.2) is 62.3 Å². The van der Waals surface area contributed by atoms with Gasteiger partial charge in [-0.3, -0.25) is 0 Å². The Morgan fingerprint density at radius 2 is 1.73 bits per heavy atom. The average molecular weight is 292 g/mol. The molecule has 0 unspecified atom stereocenters. The van der Waals surface area contributed by atoms with E-state index < -0.39 is 5.82 Å². The Morgan fingerprint density at radius 1 is 1.00 bits per heavy atom. The van der Waals surface area contributed by atoms with E-state index in [0.29, 0.717) is 11.2 Å². The zero-order chi connectivity index (χ0) is 15.3. The molecule has 4 heteroatoms. The number of benzene rings is 2. The molecule has 108 valence electrons. The van der Waals surface area contributed by atoms with Crippen molar-refractivity contribution in [2.24, 2.45) is 7.05 Å². The molecule has 0 radical (unpaired) electrons. The highest BCUT2D eigenvalue weighted by Crippen LogP contribution is 2.30. The summed E-state index contributed by atoms with van der Waals surface area (Å²) >= 11 is 0. The van der Waals surface area contributed by atoms with Crippen molar-refractivity contribution in [1.82, 2.24) is 0 Å². The van der Waals surface area contributed by atoms with Crippen LogP contribution in [0.5, 0.6) is 0 Å². The second-order valence-electron chi connectivity index (χ2n) is 5.43. The first-order chi connectivity index (χ1) is 10.6. The predicted octanol–water partition coefficient (Wildman–Crippen LogP) is 3.34. The average Bonchev–Trinajstić information content (AvgIpc) is 2.85. The van der Waals surface area contributed by atoms with Crippen molar-refractivity contribution in [2.75, 3.05) is 0 Å². The predicted molar refractivity (Wildman–Crippen MR) is 83.6 cm³/mol. The molecule has 0 fully saturated rings. The summed E-state index contributed by atoms with van der Waals surface area (Å²) in [5.41, 5.74) is 4.38. The number of pyridine rings is 1. The third kappa shape index (κ3) is 1.84. The van der Waals surface area contributed by atoms with E-state index in [1.54, 1.807) is 0 Å². The van der Waals surface area contributed by atoms with Gasteiger partial charge in [0.15, 0.2) is 17.4 Å². The maximum absolute atomic E-state index is 11.3. The molecule has 2 heterocycles. The van der Waals surface area contributed by atoms with Crippen molar-refractivity contribution in [3.05, 3.63) is 64.8 Å². The molecule has 0 N–H and O–H groups in total. The summed E-state index contributed by atoms with van der Waals surface area (Å²) in [5, 5.41) is 2.03. The lowest BCUT2D eigenvalue weighted by atomic mass is 9.99. The van der Waals surface area contributed by atoms with Gasteiger partial charge in [-0.05, 0) is 36.1 Å². The number of hydrogen-bond donors (Lipinski definition) is 0. The van der Waals surface area contributed by atoms with Crippen LogP contribution in [-0.4, -0.2) is 0 Å². The Hall–Kier alpha value is -2.88. The van der Waals surface area contributed by atoms with E-state index in [9.17, 15) is 4.79 Å². The topological polar surface area (TPSA) is 47.2 Å². The molecule has 0 saturated heterocycles. The maximum atomic E-state index is 11.3. The van der Waals surface area contributed by atoms with E-state index >= 15 is 0 Å². The van der Waals surface area contributed by atoms with Gasteiger partial charge in [-0.15, -0.1) is 0 Å². The van der Waals surface area contributed by atoms with E-state index in [-0.39, 0.29) is 0 Å². The molecule has 0 aliphatic heterocycles. The zero-order valence-electron chi connectivity index (χ0n) is 12.3. The number of aryl methyl sites for hydroxylation is 2. The summed E-state index contributed by atoms with van der Waals surface area (Å²) in [4.78, 5) is 11.3. The molecule has 0 saturated carbocycles. The van der Waals surface area contributed by atoms with Gasteiger partial charge in [0.25, 0.3) is 0 Å². The van der Waals surface area contributed by atoms with E-state index in [4.69, 9.17) is 8.83 Å². The fourth-order valence-electron chi connectivity index (χ4n) is 2.91. The SMILES string of the molecule is Cc1ccccc1-c1c2cc3oc(=O)oc3cc2cc[n+]1C. The molecule has 2 aromatic heterocycles. The molecule has 4 rings (SSSR count). The summed E-state index contributed by atoms with van der Waals surface area (Å²) in [5.74, 6) is -0.674. The van der Waals surface area contributed by atoms with Crippen molar-refractivity contribution >= 4 is 21.9 Å². The standard InChI is InChI=1S/C18H14NO3/c1-11-5-3-4-6-13(11)17-14-10-16-15(21-18(20)22-16)9-12(14)7-8-19(17)2/h3-10H,1-2H3/q+1. The Balaban J connectivity index is 2.16. The minimum atomic E-state index is -0.674. The van der Waals surface area contributed by atoms with Gasteiger partial charge in [-0.25, -0.2) is 9.36 Å². The van der Waals surface area contributed by atoms with Crippen molar-refractivity contribution in [3.63, 3.8) is 0 Å². The third-order valence-corrected chi connectivity index (χ3v) is 3.99. The molecular weight excluding hydrogens is 278 g/mol. The van der Waals surface area contributed by atoms with E-state index in [1.807, 2.05) is 43.6 Å². The number of aromatic nitrogens is 1. The van der Waals surface area contributed by atoms with Gasteiger partial charge in [-0.2, -0.15) is 0 Å². The fraction of sp³-hybridized carbons (Fsp3) is 0.111. The van der Waals surface area contributed by atoms with Crippen LogP contribution in [0.1, 0.15) is 5.56 Å². The van der Waals surface area contributed by atoms with Gasteiger partial charge >= 0.3 is 5.82 Å². The first kappa shape index (κ1) is 12.8. The van der Waals surface area contributed by atoms with Crippen molar-refractivity contribution in [2.45, 2.75) is 6.92 Å². The summed E-state index contributed by atoms with van der Waals surface area (Å²) in [6.45, 7) is 2.09. The van der Waals surface area contributed by atoms with Gasteiger partial charge in [-0.1, -0.05) is 18.2 Å². The third-order valence-electron chi connectivity index (χ3n) is 3.99. The number of nitrogens with zero attached hydrogens (tertiary/aromatic N) is 1. The van der Waals surface area contributed by atoms with E-state index in [1.165, 1.54) is 5.56 Å². The molecule has 0 atom stereocenters. The molecule has 0 aliphatic carbocycles. The molecule has 2 aromatic carbocycles. The van der Waals surface area contributed by atoms with Gasteiger partial charge in [0, 0.05) is 11.6 Å². The van der Waals surface area contributed by atoms with Gasteiger partial charge < -0.3 is 8.83 Å². The van der Waals surface area contributed by atoms with Crippen LogP contribution in [0.2, 0.25) is 0 Å². The Labute approximate surface area is 126 Å². The minimum Gasteiger partial charge on any atom is -0.391 e. The molecule has 4 aromatic rings. The lowest BCUT2D eigenvalue weighted by Crippen LogP contribution is -2.30. The van der Waals surface area contributed by atoms with Crippen molar-refractivity contribution < 1.29 is 13.4 Å². The molecule has 0 bridgehead atoms. The lowest BCUT2D eigenvalue weighted by Gasteiger charge is -2.07. The largest absolute Gasteiger partial charge is 0.519 e. The zero-order valence-corrected chi connectivity index (χ0v) is 12.3. The highest BCUT2D eigenvalue weighted by Gasteiger charge is 2.18. The molecule has 22 heavy (non-hydrogen) atoms. The van der Waals surface area contributed by atoms with Crippen LogP contribution in [0.3, 0.4) is 0 Å². The van der Waals surface area contributed by atoms with Gasteiger partial charge in [0.2, 0.25) is 5.69 Å². The molecule has 0 amide bonds. The Kier molecular flexibility index (Phi) is 2.66. The van der Waals surface area contributed by atoms with Crippen LogP contribution >= 0.6 is 0 Å². The van der Waals surface area contributed by atoms with Gasteiger partial charge in [0.05, 0.1) is 5.39 Å². The Morgan fingerprint density at radius 3 is 2.50 bits per heavy atom.